The quantitative estimate of drug-likeness (QED) is 0.742. The van der Waals surface area contributed by atoms with E-state index in [0.717, 1.165) is 4.31 Å². The summed E-state index contributed by atoms with van der Waals surface area (Å²) in [4.78, 5) is 14.6. The van der Waals surface area contributed by atoms with Gasteiger partial charge in [0.2, 0.25) is 10.0 Å². The van der Waals surface area contributed by atoms with Crippen molar-refractivity contribution in [2.45, 2.75) is 25.7 Å². The van der Waals surface area contributed by atoms with Crippen LogP contribution in [0.5, 0.6) is 0 Å². The lowest BCUT2D eigenvalue weighted by molar-refractivity contribution is 0.0519. The molecule has 1 aromatic rings. The maximum atomic E-state index is 12.4. The summed E-state index contributed by atoms with van der Waals surface area (Å²) in [6.07, 6.45) is 0. The lowest BCUT2D eigenvalue weighted by atomic mass is 10.2. The molecule has 0 spiro atoms. The standard InChI is InChI=1S/C12H20N2O5S/c1-5-19-12(16)10-8(2)11(9(3)13-10)20(17,18)14(4)6-7-15/h13,15H,5-7H2,1-4H3. The average molecular weight is 304 g/mol. The molecule has 0 atom stereocenters. The third kappa shape index (κ3) is 3.02. The van der Waals surface area contributed by atoms with Crippen molar-refractivity contribution in [2.75, 3.05) is 26.8 Å². The number of carbonyl (C=O) groups excluding carboxylic acids is 1. The smallest absolute Gasteiger partial charge is 0.355 e. The Morgan fingerprint density at radius 2 is 2.00 bits per heavy atom. The predicted octanol–water partition coefficient (Wildman–Crippen LogP) is 0.421. The normalized spacial score (nSPS) is 11.9. The molecule has 0 saturated carbocycles. The highest BCUT2D eigenvalue weighted by Crippen LogP contribution is 2.26. The molecule has 0 aromatic carbocycles. The first kappa shape index (κ1) is 16.7. The van der Waals surface area contributed by atoms with Crippen molar-refractivity contribution in [2.24, 2.45) is 0 Å². The fraction of sp³-hybridized carbons (Fsp3) is 0.583. The first-order chi connectivity index (χ1) is 9.27. The third-order valence-corrected chi connectivity index (χ3v) is 5.06. The van der Waals surface area contributed by atoms with Crippen LogP contribution in [0.3, 0.4) is 0 Å². The number of aliphatic hydroxyl groups is 1. The van der Waals surface area contributed by atoms with Crippen LogP contribution in [0.1, 0.15) is 28.7 Å². The van der Waals surface area contributed by atoms with E-state index in [1.807, 2.05) is 0 Å². The van der Waals surface area contributed by atoms with Crippen LogP contribution in [0.15, 0.2) is 4.90 Å². The van der Waals surface area contributed by atoms with Gasteiger partial charge in [-0.2, -0.15) is 4.31 Å². The molecule has 0 aliphatic heterocycles. The maximum absolute atomic E-state index is 12.4. The second-order valence-electron chi connectivity index (χ2n) is 4.35. The number of ether oxygens (including phenoxy) is 1. The van der Waals surface area contributed by atoms with Crippen LogP contribution < -0.4 is 0 Å². The fourth-order valence-corrected chi connectivity index (χ4v) is 3.50. The summed E-state index contributed by atoms with van der Waals surface area (Å²) in [5.74, 6) is -0.584. The van der Waals surface area contributed by atoms with Gasteiger partial charge in [0.1, 0.15) is 10.6 Å². The molecule has 0 bridgehead atoms. The van der Waals surface area contributed by atoms with E-state index >= 15 is 0 Å². The molecule has 0 aliphatic carbocycles. The van der Waals surface area contributed by atoms with E-state index in [0.29, 0.717) is 11.3 Å². The molecule has 0 unspecified atom stereocenters. The summed E-state index contributed by atoms with van der Waals surface area (Å²) in [6, 6.07) is 0. The van der Waals surface area contributed by atoms with E-state index in [-0.39, 0.29) is 30.3 Å². The first-order valence-corrected chi connectivity index (χ1v) is 7.64. The Balaban J connectivity index is 3.30. The van der Waals surface area contributed by atoms with Gasteiger partial charge in [-0.25, -0.2) is 13.2 Å². The Labute approximate surface area is 118 Å². The van der Waals surface area contributed by atoms with Crippen molar-refractivity contribution in [3.05, 3.63) is 17.0 Å². The van der Waals surface area contributed by atoms with Crippen molar-refractivity contribution < 1.29 is 23.1 Å². The molecule has 0 fully saturated rings. The molecule has 0 saturated heterocycles. The summed E-state index contributed by atoms with van der Waals surface area (Å²) in [6.45, 7) is 4.73. The van der Waals surface area contributed by atoms with Gasteiger partial charge in [0.05, 0.1) is 13.2 Å². The number of carbonyl (C=O) groups is 1. The van der Waals surface area contributed by atoms with Crippen molar-refractivity contribution in [3.8, 4) is 0 Å². The van der Waals surface area contributed by atoms with Gasteiger partial charge in [-0.1, -0.05) is 0 Å². The lowest BCUT2D eigenvalue weighted by Gasteiger charge is -2.16. The van der Waals surface area contributed by atoms with Crippen LogP contribution in [-0.2, 0) is 14.8 Å². The molecule has 0 aliphatic rings. The monoisotopic (exact) mass is 304 g/mol. The number of hydrogen-bond donors (Lipinski definition) is 2. The summed E-state index contributed by atoms with van der Waals surface area (Å²) in [7, 11) is -2.38. The zero-order valence-electron chi connectivity index (χ0n) is 12.1. The van der Waals surface area contributed by atoms with Crippen LogP contribution in [0.25, 0.3) is 0 Å². The minimum absolute atomic E-state index is 0.0128. The van der Waals surface area contributed by atoms with Crippen molar-refractivity contribution >= 4 is 16.0 Å². The number of H-pyrrole nitrogens is 1. The summed E-state index contributed by atoms with van der Waals surface area (Å²) < 4.78 is 30.7. The number of sulfonamides is 1. The molecule has 2 N–H and O–H groups in total. The average Bonchev–Trinajstić information content (AvgIpc) is 2.65. The van der Waals surface area contributed by atoms with Gasteiger partial charge in [-0.05, 0) is 20.8 Å². The zero-order valence-corrected chi connectivity index (χ0v) is 12.9. The Morgan fingerprint density at radius 3 is 2.50 bits per heavy atom. The number of nitrogens with zero attached hydrogens (tertiary/aromatic N) is 1. The molecular weight excluding hydrogens is 284 g/mol. The summed E-state index contributed by atoms with van der Waals surface area (Å²) >= 11 is 0. The molecule has 114 valence electrons. The molecule has 1 aromatic heterocycles. The topological polar surface area (TPSA) is 99.7 Å². The van der Waals surface area contributed by atoms with E-state index in [4.69, 9.17) is 9.84 Å². The largest absolute Gasteiger partial charge is 0.461 e. The Kier molecular flexibility index (Phi) is 5.32. The van der Waals surface area contributed by atoms with Crippen molar-refractivity contribution in [1.82, 2.24) is 9.29 Å². The van der Waals surface area contributed by atoms with Crippen LogP contribution in [0, 0.1) is 13.8 Å². The van der Waals surface area contributed by atoms with Gasteiger partial charge < -0.3 is 14.8 Å². The number of aliphatic hydroxyl groups excluding tert-OH is 1. The third-order valence-electron chi connectivity index (χ3n) is 2.93. The highest BCUT2D eigenvalue weighted by atomic mass is 32.2. The number of hydrogen-bond acceptors (Lipinski definition) is 5. The van der Waals surface area contributed by atoms with E-state index < -0.39 is 16.0 Å². The molecule has 0 amide bonds. The number of aromatic nitrogens is 1. The van der Waals surface area contributed by atoms with Crippen LogP contribution in [0.2, 0.25) is 0 Å². The minimum atomic E-state index is -3.76. The second kappa shape index (κ2) is 6.38. The van der Waals surface area contributed by atoms with Gasteiger partial charge in [0.25, 0.3) is 0 Å². The molecule has 20 heavy (non-hydrogen) atoms. The van der Waals surface area contributed by atoms with E-state index in [1.165, 1.54) is 7.05 Å². The fourth-order valence-electron chi connectivity index (χ4n) is 1.94. The van der Waals surface area contributed by atoms with Crippen LogP contribution in [-0.4, -0.2) is 55.6 Å². The van der Waals surface area contributed by atoms with Crippen molar-refractivity contribution in [1.29, 1.82) is 0 Å². The highest BCUT2D eigenvalue weighted by Gasteiger charge is 2.29. The number of esters is 1. The Morgan fingerprint density at radius 1 is 1.40 bits per heavy atom. The van der Waals surface area contributed by atoms with Gasteiger partial charge in [0.15, 0.2) is 0 Å². The first-order valence-electron chi connectivity index (χ1n) is 6.20. The number of likely N-dealkylation sites (N-methyl/N-ethyl adjacent to an activating group) is 1. The molecule has 1 rings (SSSR count). The van der Waals surface area contributed by atoms with Gasteiger partial charge >= 0.3 is 5.97 Å². The second-order valence-corrected chi connectivity index (χ2v) is 6.33. The van der Waals surface area contributed by atoms with Crippen LogP contribution in [0.4, 0.5) is 0 Å². The Hall–Kier alpha value is -1.38. The maximum Gasteiger partial charge on any atom is 0.355 e. The van der Waals surface area contributed by atoms with Crippen LogP contribution >= 0.6 is 0 Å². The highest BCUT2D eigenvalue weighted by molar-refractivity contribution is 7.89. The van der Waals surface area contributed by atoms with Gasteiger partial charge in [-0.3, -0.25) is 0 Å². The molecule has 7 nitrogen and oxygen atoms in total. The van der Waals surface area contributed by atoms with E-state index in [2.05, 4.69) is 4.98 Å². The predicted molar refractivity (Wildman–Crippen MR) is 73.1 cm³/mol. The summed E-state index contributed by atoms with van der Waals surface area (Å²) in [5.41, 5.74) is 0.835. The molecule has 1 heterocycles. The molecule has 0 radical (unpaired) electrons. The number of nitrogens with one attached hydrogen (secondary N) is 1. The van der Waals surface area contributed by atoms with Crippen molar-refractivity contribution in [3.63, 3.8) is 0 Å². The molecule has 8 heteroatoms. The lowest BCUT2D eigenvalue weighted by Crippen LogP contribution is -2.30. The Bertz CT molecular complexity index is 591. The minimum Gasteiger partial charge on any atom is -0.461 e. The molecular formula is C12H20N2O5S. The number of aromatic amines is 1. The van der Waals surface area contributed by atoms with E-state index in [9.17, 15) is 13.2 Å². The van der Waals surface area contributed by atoms with Gasteiger partial charge in [0, 0.05) is 24.8 Å². The number of aryl methyl sites for hydroxylation is 1. The van der Waals surface area contributed by atoms with E-state index in [1.54, 1.807) is 20.8 Å². The summed E-state index contributed by atoms with van der Waals surface area (Å²) in [5, 5.41) is 8.86. The SMILES string of the molecule is CCOC(=O)c1[nH]c(C)c(S(=O)(=O)N(C)CCO)c1C. The van der Waals surface area contributed by atoms with Gasteiger partial charge in [-0.15, -0.1) is 0 Å². The zero-order chi connectivity index (χ0) is 15.5. The number of rotatable bonds is 6.